The van der Waals surface area contributed by atoms with E-state index in [2.05, 4.69) is 6.92 Å². The van der Waals surface area contributed by atoms with Gasteiger partial charge < -0.3 is 10.6 Å². The molecule has 0 aliphatic rings. The SMILES string of the molecule is CCCCCN(C)C(=O)[C@H](N)CCSC. The van der Waals surface area contributed by atoms with Crippen LogP contribution in [-0.2, 0) is 4.79 Å². The third-order valence-electron chi connectivity index (χ3n) is 2.42. The fraction of sp³-hybridized carbons (Fsp3) is 0.909. The standard InChI is InChI=1S/C11H24N2OS/c1-4-5-6-8-13(2)11(14)10(12)7-9-15-3/h10H,4-9,12H2,1-3H3/t10-/m1/s1. The van der Waals surface area contributed by atoms with Crippen molar-refractivity contribution in [3.05, 3.63) is 0 Å². The van der Waals surface area contributed by atoms with Gasteiger partial charge in [-0.25, -0.2) is 0 Å². The molecule has 0 aromatic rings. The number of carbonyl (C=O) groups excluding carboxylic acids is 1. The second-order valence-electron chi connectivity index (χ2n) is 3.85. The molecule has 1 atom stereocenters. The highest BCUT2D eigenvalue weighted by atomic mass is 32.2. The molecule has 15 heavy (non-hydrogen) atoms. The van der Waals surface area contributed by atoms with E-state index in [1.807, 2.05) is 13.3 Å². The molecule has 0 bridgehead atoms. The van der Waals surface area contributed by atoms with Gasteiger partial charge >= 0.3 is 0 Å². The number of rotatable bonds is 8. The first-order valence-electron chi connectivity index (χ1n) is 5.63. The Labute approximate surface area is 97.8 Å². The van der Waals surface area contributed by atoms with E-state index in [0.717, 1.165) is 25.1 Å². The number of nitrogens with two attached hydrogens (primary N) is 1. The molecule has 0 saturated carbocycles. The van der Waals surface area contributed by atoms with Crippen LogP contribution in [0.3, 0.4) is 0 Å². The number of unbranched alkanes of at least 4 members (excludes halogenated alkanes) is 2. The Balaban J connectivity index is 3.75. The summed E-state index contributed by atoms with van der Waals surface area (Å²) in [7, 11) is 1.84. The third-order valence-corrected chi connectivity index (χ3v) is 3.07. The summed E-state index contributed by atoms with van der Waals surface area (Å²) in [5.41, 5.74) is 5.80. The first-order chi connectivity index (χ1) is 7.13. The van der Waals surface area contributed by atoms with E-state index < -0.39 is 0 Å². The first-order valence-corrected chi connectivity index (χ1v) is 7.02. The average molecular weight is 232 g/mol. The van der Waals surface area contributed by atoms with Crippen LogP contribution in [0.15, 0.2) is 0 Å². The summed E-state index contributed by atoms with van der Waals surface area (Å²) in [6.45, 7) is 2.99. The quantitative estimate of drug-likeness (QED) is 0.648. The minimum atomic E-state index is -0.316. The molecule has 0 spiro atoms. The van der Waals surface area contributed by atoms with Gasteiger partial charge in [-0.05, 0) is 24.9 Å². The van der Waals surface area contributed by atoms with E-state index in [-0.39, 0.29) is 11.9 Å². The molecule has 0 aromatic heterocycles. The average Bonchev–Trinajstić information content (AvgIpc) is 2.24. The Hall–Kier alpha value is -0.220. The van der Waals surface area contributed by atoms with Crippen molar-refractivity contribution < 1.29 is 4.79 Å². The molecule has 0 unspecified atom stereocenters. The van der Waals surface area contributed by atoms with Crippen LogP contribution in [0.5, 0.6) is 0 Å². The van der Waals surface area contributed by atoms with Crippen LogP contribution in [0.4, 0.5) is 0 Å². The van der Waals surface area contributed by atoms with Gasteiger partial charge in [0.2, 0.25) is 5.91 Å². The molecule has 1 amide bonds. The van der Waals surface area contributed by atoms with E-state index in [0.29, 0.717) is 0 Å². The first kappa shape index (κ1) is 14.8. The number of amides is 1. The second kappa shape index (κ2) is 9.04. The maximum atomic E-state index is 11.7. The van der Waals surface area contributed by atoms with Gasteiger partial charge in [0.1, 0.15) is 0 Å². The number of thioether (sulfide) groups is 1. The summed E-state index contributed by atoms with van der Waals surface area (Å²) in [6, 6.07) is -0.316. The zero-order chi connectivity index (χ0) is 11.7. The summed E-state index contributed by atoms with van der Waals surface area (Å²) in [5, 5.41) is 0. The molecule has 0 aliphatic heterocycles. The lowest BCUT2D eigenvalue weighted by atomic mass is 10.2. The van der Waals surface area contributed by atoms with E-state index in [1.165, 1.54) is 12.8 Å². The monoisotopic (exact) mass is 232 g/mol. The second-order valence-corrected chi connectivity index (χ2v) is 4.84. The topological polar surface area (TPSA) is 46.3 Å². The summed E-state index contributed by atoms with van der Waals surface area (Å²) in [6.07, 6.45) is 6.24. The molecule has 0 rings (SSSR count). The Morgan fingerprint density at radius 2 is 2.13 bits per heavy atom. The highest BCUT2D eigenvalue weighted by Gasteiger charge is 2.16. The molecule has 90 valence electrons. The number of hydrogen-bond donors (Lipinski definition) is 1. The third kappa shape index (κ3) is 6.79. The molecule has 0 aliphatic carbocycles. The molecule has 0 fully saturated rings. The van der Waals surface area contributed by atoms with Crippen molar-refractivity contribution in [3.63, 3.8) is 0 Å². The van der Waals surface area contributed by atoms with E-state index in [9.17, 15) is 4.79 Å². The fourth-order valence-corrected chi connectivity index (χ4v) is 1.85. The number of nitrogens with zero attached hydrogens (tertiary/aromatic N) is 1. The summed E-state index contributed by atoms with van der Waals surface area (Å²) >= 11 is 1.73. The molecular formula is C11H24N2OS. The number of likely N-dealkylation sites (N-methyl/N-ethyl adjacent to an activating group) is 1. The Kier molecular flexibility index (Phi) is 8.91. The van der Waals surface area contributed by atoms with E-state index >= 15 is 0 Å². The summed E-state index contributed by atoms with van der Waals surface area (Å²) < 4.78 is 0. The lowest BCUT2D eigenvalue weighted by Gasteiger charge is -2.21. The van der Waals surface area contributed by atoms with Crippen LogP contribution in [0.25, 0.3) is 0 Å². The molecule has 4 heteroatoms. The fourth-order valence-electron chi connectivity index (χ4n) is 1.36. The predicted octanol–water partition coefficient (Wildman–Crippen LogP) is 1.72. The molecule has 0 heterocycles. The Morgan fingerprint density at radius 1 is 1.47 bits per heavy atom. The minimum absolute atomic E-state index is 0.0835. The van der Waals surface area contributed by atoms with Crippen molar-refractivity contribution in [1.29, 1.82) is 0 Å². The van der Waals surface area contributed by atoms with Crippen LogP contribution in [0.2, 0.25) is 0 Å². The maximum Gasteiger partial charge on any atom is 0.239 e. The zero-order valence-electron chi connectivity index (χ0n) is 10.2. The lowest BCUT2D eigenvalue weighted by molar-refractivity contribution is -0.131. The van der Waals surface area contributed by atoms with Crippen LogP contribution in [-0.4, -0.2) is 42.4 Å². The largest absolute Gasteiger partial charge is 0.344 e. The zero-order valence-corrected chi connectivity index (χ0v) is 11.0. The highest BCUT2D eigenvalue weighted by molar-refractivity contribution is 7.98. The summed E-state index contributed by atoms with van der Waals surface area (Å²) in [5.74, 6) is 1.04. The van der Waals surface area contributed by atoms with Gasteiger partial charge in [0, 0.05) is 13.6 Å². The maximum absolute atomic E-state index is 11.7. The van der Waals surface area contributed by atoms with Gasteiger partial charge in [-0.2, -0.15) is 11.8 Å². The van der Waals surface area contributed by atoms with Crippen molar-refractivity contribution in [3.8, 4) is 0 Å². The molecular weight excluding hydrogens is 208 g/mol. The predicted molar refractivity (Wildman–Crippen MR) is 68.1 cm³/mol. The van der Waals surface area contributed by atoms with Crippen molar-refractivity contribution in [2.45, 2.75) is 38.6 Å². The molecule has 3 nitrogen and oxygen atoms in total. The Bertz CT molecular complexity index is 176. The van der Waals surface area contributed by atoms with Crippen LogP contribution < -0.4 is 5.73 Å². The van der Waals surface area contributed by atoms with E-state index in [4.69, 9.17) is 5.73 Å². The van der Waals surface area contributed by atoms with Gasteiger partial charge in [-0.3, -0.25) is 4.79 Å². The Morgan fingerprint density at radius 3 is 2.67 bits per heavy atom. The van der Waals surface area contributed by atoms with Crippen molar-refractivity contribution in [2.75, 3.05) is 25.6 Å². The number of hydrogen-bond acceptors (Lipinski definition) is 3. The smallest absolute Gasteiger partial charge is 0.239 e. The van der Waals surface area contributed by atoms with Gasteiger partial charge in [0.05, 0.1) is 6.04 Å². The molecule has 2 N–H and O–H groups in total. The normalized spacial score (nSPS) is 12.5. The lowest BCUT2D eigenvalue weighted by Crippen LogP contribution is -2.42. The summed E-state index contributed by atoms with van der Waals surface area (Å²) in [4.78, 5) is 13.5. The van der Waals surface area contributed by atoms with Gasteiger partial charge in [0.15, 0.2) is 0 Å². The van der Waals surface area contributed by atoms with E-state index in [1.54, 1.807) is 16.7 Å². The van der Waals surface area contributed by atoms with Crippen molar-refractivity contribution >= 4 is 17.7 Å². The van der Waals surface area contributed by atoms with Gasteiger partial charge in [-0.15, -0.1) is 0 Å². The van der Waals surface area contributed by atoms with Crippen LogP contribution in [0, 0.1) is 0 Å². The van der Waals surface area contributed by atoms with Crippen LogP contribution >= 0.6 is 11.8 Å². The minimum Gasteiger partial charge on any atom is -0.344 e. The van der Waals surface area contributed by atoms with Gasteiger partial charge in [0.25, 0.3) is 0 Å². The van der Waals surface area contributed by atoms with Crippen molar-refractivity contribution in [1.82, 2.24) is 4.90 Å². The number of carbonyl (C=O) groups is 1. The molecule has 0 aromatic carbocycles. The molecule has 0 radical (unpaired) electrons. The van der Waals surface area contributed by atoms with Gasteiger partial charge in [-0.1, -0.05) is 19.8 Å². The molecule has 0 saturated heterocycles. The highest BCUT2D eigenvalue weighted by Crippen LogP contribution is 2.03. The van der Waals surface area contributed by atoms with Crippen LogP contribution in [0.1, 0.15) is 32.6 Å². The van der Waals surface area contributed by atoms with Crippen molar-refractivity contribution in [2.24, 2.45) is 5.73 Å².